The van der Waals surface area contributed by atoms with Gasteiger partial charge in [-0.1, -0.05) is 80.9 Å². The van der Waals surface area contributed by atoms with Crippen LogP contribution >= 0.6 is 0 Å². The molecule has 0 N–H and O–H groups in total. The van der Waals surface area contributed by atoms with Crippen LogP contribution in [0.1, 0.15) is 20.3 Å². The largest absolute Gasteiger partial charge is 0.0656 e. The van der Waals surface area contributed by atoms with Crippen molar-refractivity contribution in [1.29, 1.82) is 0 Å². The fourth-order valence-electron chi connectivity index (χ4n) is 2.70. The van der Waals surface area contributed by atoms with Crippen molar-refractivity contribution in [1.82, 2.24) is 0 Å². The maximum Gasteiger partial charge on any atom is -0.00990 e. The molecule has 0 heteroatoms. The van der Waals surface area contributed by atoms with Gasteiger partial charge in [0.15, 0.2) is 0 Å². The zero-order valence-corrected chi connectivity index (χ0v) is 12.6. The number of hydrogen-bond donors (Lipinski definition) is 0. The van der Waals surface area contributed by atoms with Crippen LogP contribution in [0.25, 0.3) is 32.3 Å². The normalized spacial score (nSPS) is 10.6. The van der Waals surface area contributed by atoms with Crippen molar-refractivity contribution in [3.05, 3.63) is 72.8 Å². The Balaban J connectivity index is 0.000000409. The lowest BCUT2D eigenvalue weighted by atomic mass is 9.98. The first-order valence-electron chi connectivity index (χ1n) is 7.63. The third-order valence-corrected chi connectivity index (χ3v) is 3.61. The van der Waals surface area contributed by atoms with Gasteiger partial charge < -0.3 is 0 Å². The van der Waals surface area contributed by atoms with E-state index in [0.29, 0.717) is 0 Å². The Morgan fingerprint density at radius 3 is 1.76 bits per heavy atom. The molecule has 0 bridgehead atoms. The average molecular weight is 272 g/mol. The summed E-state index contributed by atoms with van der Waals surface area (Å²) in [6.07, 6.45) is 1.25. The summed E-state index contributed by atoms with van der Waals surface area (Å²) in [6, 6.07) is 26.1. The summed E-state index contributed by atoms with van der Waals surface area (Å²) in [5, 5.41) is 7.90. The minimum atomic E-state index is 1.25. The van der Waals surface area contributed by atoms with Crippen molar-refractivity contribution in [2.45, 2.75) is 20.3 Å². The standard InChI is InChI=1S/C18H12.C3H8/c1-2-7-15-12-18-16(11-14(15)6-1)10-9-13-5-3-4-8-17(13)18;1-3-2/h1-12H;3H2,1-2H3. The van der Waals surface area contributed by atoms with Gasteiger partial charge in [0.1, 0.15) is 0 Å². The van der Waals surface area contributed by atoms with E-state index in [0.717, 1.165) is 0 Å². The first-order valence-corrected chi connectivity index (χ1v) is 7.63. The molecule has 4 aromatic carbocycles. The molecule has 21 heavy (non-hydrogen) atoms. The number of hydrogen-bond acceptors (Lipinski definition) is 0. The maximum absolute atomic E-state index is 2.30. The van der Waals surface area contributed by atoms with Gasteiger partial charge in [0.05, 0.1) is 0 Å². The van der Waals surface area contributed by atoms with E-state index in [4.69, 9.17) is 0 Å². The predicted molar refractivity (Wildman–Crippen MR) is 94.9 cm³/mol. The Labute approximate surface area is 126 Å². The van der Waals surface area contributed by atoms with E-state index in [2.05, 4.69) is 86.6 Å². The Morgan fingerprint density at radius 2 is 1.05 bits per heavy atom. The molecule has 0 aliphatic heterocycles. The van der Waals surface area contributed by atoms with Crippen molar-refractivity contribution in [2.24, 2.45) is 0 Å². The Hall–Kier alpha value is -2.34. The molecule has 0 saturated heterocycles. The van der Waals surface area contributed by atoms with Gasteiger partial charge in [-0.25, -0.2) is 0 Å². The van der Waals surface area contributed by atoms with Crippen molar-refractivity contribution >= 4 is 32.3 Å². The van der Waals surface area contributed by atoms with E-state index in [1.807, 2.05) is 0 Å². The summed E-state index contributed by atoms with van der Waals surface area (Å²) in [4.78, 5) is 0. The Morgan fingerprint density at radius 1 is 0.524 bits per heavy atom. The summed E-state index contributed by atoms with van der Waals surface area (Å²) in [7, 11) is 0. The second kappa shape index (κ2) is 5.97. The van der Waals surface area contributed by atoms with Gasteiger partial charge in [-0.15, -0.1) is 0 Å². The molecule has 0 nitrogen and oxygen atoms in total. The maximum atomic E-state index is 2.30. The fourth-order valence-corrected chi connectivity index (χ4v) is 2.70. The van der Waals surface area contributed by atoms with Gasteiger partial charge in [0.2, 0.25) is 0 Å². The highest BCUT2D eigenvalue weighted by atomic mass is 14.1. The van der Waals surface area contributed by atoms with E-state index in [1.54, 1.807) is 0 Å². The van der Waals surface area contributed by atoms with Gasteiger partial charge in [-0.2, -0.15) is 0 Å². The third-order valence-electron chi connectivity index (χ3n) is 3.61. The van der Waals surface area contributed by atoms with Crippen LogP contribution in [0.4, 0.5) is 0 Å². The Kier molecular flexibility index (Phi) is 3.87. The van der Waals surface area contributed by atoms with Crippen molar-refractivity contribution in [3.8, 4) is 0 Å². The summed E-state index contributed by atoms with van der Waals surface area (Å²) >= 11 is 0. The van der Waals surface area contributed by atoms with Crippen molar-refractivity contribution in [3.63, 3.8) is 0 Å². The second-order valence-corrected chi connectivity index (χ2v) is 5.41. The molecular formula is C21H20. The number of fused-ring (bicyclic) bond motifs is 4. The van der Waals surface area contributed by atoms with E-state index in [-0.39, 0.29) is 0 Å². The molecule has 0 amide bonds. The summed E-state index contributed by atoms with van der Waals surface area (Å²) < 4.78 is 0. The molecular weight excluding hydrogens is 252 g/mol. The van der Waals surface area contributed by atoms with Crippen LogP contribution in [-0.2, 0) is 0 Å². The Bertz CT molecular complexity index is 882. The zero-order valence-electron chi connectivity index (χ0n) is 12.6. The summed E-state index contributed by atoms with van der Waals surface area (Å²) in [5.41, 5.74) is 0. The molecule has 0 saturated carbocycles. The first-order chi connectivity index (χ1) is 10.3. The van der Waals surface area contributed by atoms with Gasteiger partial charge in [0, 0.05) is 0 Å². The lowest BCUT2D eigenvalue weighted by Gasteiger charge is -2.06. The molecule has 0 aromatic heterocycles. The van der Waals surface area contributed by atoms with Gasteiger partial charge in [-0.05, 0) is 44.5 Å². The van der Waals surface area contributed by atoms with Crippen LogP contribution < -0.4 is 0 Å². The monoisotopic (exact) mass is 272 g/mol. The topological polar surface area (TPSA) is 0 Å². The van der Waals surface area contributed by atoms with Crippen LogP contribution in [0.2, 0.25) is 0 Å². The molecule has 0 unspecified atom stereocenters. The van der Waals surface area contributed by atoms with Gasteiger partial charge in [0.25, 0.3) is 0 Å². The minimum absolute atomic E-state index is 1.25. The number of rotatable bonds is 0. The van der Waals surface area contributed by atoms with E-state index >= 15 is 0 Å². The van der Waals surface area contributed by atoms with Crippen LogP contribution in [0.15, 0.2) is 72.8 Å². The molecule has 0 heterocycles. The van der Waals surface area contributed by atoms with Gasteiger partial charge in [-0.3, -0.25) is 0 Å². The van der Waals surface area contributed by atoms with Crippen LogP contribution in [0, 0.1) is 0 Å². The SMILES string of the molecule is CCC.c1ccc2cc3c(ccc4ccccc43)cc2c1. The van der Waals surface area contributed by atoms with E-state index in [9.17, 15) is 0 Å². The first kappa shape index (κ1) is 13.6. The summed E-state index contributed by atoms with van der Waals surface area (Å²) in [6.45, 7) is 4.25. The summed E-state index contributed by atoms with van der Waals surface area (Å²) in [5.74, 6) is 0. The molecule has 104 valence electrons. The smallest absolute Gasteiger partial charge is 0.00990 e. The highest BCUT2D eigenvalue weighted by molar-refractivity contribution is 6.11. The minimum Gasteiger partial charge on any atom is -0.0656 e. The molecule has 0 spiro atoms. The molecule has 0 fully saturated rings. The quantitative estimate of drug-likeness (QED) is 0.251. The zero-order chi connectivity index (χ0) is 14.7. The van der Waals surface area contributed by atoms with E-state index < -0.39 is 0 Å². The highest BCUT2D eigenvalue weighted by Crippen LogP contribution is 2.29. The third kappa shape index (κ3) is 2.62. The second-order valence-electron chi connectivity index (χ2n) is 5.41. The van der Waals surface area contributed by atoms with Crippen molar-refractivity contribution in [2.75, 3.05) is 0 Å². The molecule has 0 aliphatic rings. The lowest BCUT2D eigenvalue weighted by Crippen LogP contribution is -1.79. The lowest BCUT2D eigenvalue weighted by molar-refractivity contribution is 1.09. The molecule has 0 atom stereocenters. The fraction of sp³-hybridized carbons (Fsp3) is 0.143. The number of benzene rings is 4. The van der Waals surface area contributed by atoms with Crippen LogP contribution in [0.3, 0.4) is 0 Å². The molecule has 0 radical (unpaired) electrons. The molecule has 0 aliphatic carbocycles. The molecule has 4 rings (SSSR count). The van der Waals surface area contributed by atoms with Gasteiger partial charge >= 0.3 is 0 Å². The van der Waals surface area contributed by atoms with Crippen molar-refractivity contribution < 1.29 is 0 Å². The average Bonchev–Trinajstić information content (AvgIpc) is 2.54. The van der Waals surface area contributed by atoms with E-state index in [1.165, 1.54) is 38.7 Å². The van der Waals surface area contributed by atoms with Crippen LogP contribution in [-0.4, -0.2) is 0 Å². The predicted octanol–water partition coefficient (Wildman–Crippen LogP) is 6.56. The molecule has 4 aromatic rings. The van der Waals surface area contributed by atoms with Crippen LogP contribution in [0.5, 0.6) is 0 Å². The highest BCUT2D eigenvalue weighted by Gasteiger charge is 2.01.